The Morgan fingerprint density at radius 3 is 2.94 bits per heavy atom. The highest BCUT2D eigenvalue weighted by Crippen LogP contribution is 2.28. The first kappa shape index (κ1) is 11.5. The van der Waals surface area contributed by atoms with Crippen LogP contribution in [-0.2, 0) is 0 Å². The Balaban J connectivity index is 2.07. The van der Waals surface area contributed by atoms with Gasteiger partial charge in [0.15, 0.2) is 4.34 Å². The van der Waals surface area contributed by atoms with Gasteiger partial charge in [0, 0.05) is 17.1 Å². The van der Waals surface area contributed by atoms with Crippen molar-refractivity contribution in [1.82, 2.24) is 15.2 Å². The Morgan fingerprint density at radius 1 is 1.50 bits per heavy atom. The highest BCUT2D eigenvalue weighted by Gasteiger charge is 2.05. The maximum absolute atomic E-state index is 5.89. The third-order valence-corrected chi connectivity index (χ3v) is 3.88. The third-order valence-electron chi connectivity index (χ3n) is 2.12. The molecule has 0 saturated carbocycles. The molecule has 0 aliphatic carbocycles. The predicted molar refractivity (Wildman–Crippen MR) is 65.5 cm³/mol. The van der Waals surface area contributed by atoms with Gasteiger partial charge in [-0.05, 0) is 18.6 Å². The molecule has 0 aliphatic heterocycles. The second-order valence-corrected chi connectivity index (χ2v) is 5.39. The molecule has 0 unspecified atom stereocenters. The zero-order chi connectivity index (χ0) is 11.4. The van der Waals surface area contributed by atoms with Crippen LogP contribution >= 0.6 is 23.1 Å². The van der Waals surface area contributed by atoms with Crippen LogP contribution in [0.15, 0.2) is 33.1 Å². The number of nitrogens with two attached hydrogens (primary N) is 1. The lowest BCUT2D eigenvalue weighted by atomic mass is 10.1. The molecule has 16 heavy (non-hydrogen) atoms. The molecule has 0 aliphatic rings. The number of hydrogen-bond acceptors (Lipinski definition) is 6. The number of rotatable bonds is 4. The Bertz CT molecular complexity index is 427. The fraction of sp³-hybridized carbons (Fsp3) is 0.300. The van der Waals surface area contributed by atoms with Crippen LogP contribution in [0.2, 0.25) is 0 Å². The van der Waals surface area contributed by atoms with E-state index in [0.29, 0.717) is 0 Å². The van der Waals surface area contributed by atoms with Crippen molar-refractivity contribution in [2.24, 2.45) is 5.73 Å². The van der Waals surface area contributed by atoms with E-state index in [9.17, 15) is 0 Å². The van der Waals surface area contributed by atoms with Crippen LogP contribution in [-0.4, -0.2) is 15.2 Å². The van der Waals surface area contributed by atoms with Crippen molar-refractivity contribution in [3.8, 4) is 0 Å². The molecule has 2 rings (SSSR count). The molecule has 0 amide bonds. The van der Waals surface area contributed by atoms with Crippen molar-refractivity contribution in [3.05, 3.63) is 29.5 Å². The lowest BCUT2D eigenvalue weighted by Crippen LogP contribution is -2.10. The van der Waals surface area contributed by atoms with Gasteiger partial charge in [-0.2, -0.15) is 0 Å². The first-order valence-corrected chi connectivity index (χ1v) is 6.64. The van der Waals surface area contributed by atoms with Gasteiger partial charge in [-0.3, -0.25) is 4.98 Å². The monoisotopic (exact) mass is 252 g/mol. The van der Waals surface area contributed by atoms with Crippen molar-refractivity contribution >= 4 is 23.1 Å². The molecule has 0 radical (unpaired) electrons. The summed E-state index contributed by atoms with van der Waals surface area (Å²) in [6.07, 6.45) is 2.73. The Hall–Kier alpha value is -0.980. The predicted octanol–water partition coefficient (Wildman–Crippen LogP) is 2.49. The van der Waals surface area contributed by atoms with Crippen molar-refractivity contribution in [2.75, 3.05) is 0 Å². The molecule has 0 aromatic carbocycles. The van der Waals surface area contributed by atoms with Crippen LogP contribution in [0.5, 0.6) is 0 Å². The van der Waals surface area contributed by atoms with Crippen LogP contribution < -0.4 is 5.73 Å². The van der Waals surface area contributed by atoms with E-state index < -0.39 is 0 Å². The van der Waals surface area contributed by atoms with E-state index in [0.717, 1.165) is 21.3 Å². The van der Waals surface area contributed by atoms with Gasteiger partial charge in [0.1, 0.15) is 5.51 Å². The Morgan fingerprint density at radius 2 is 2.38 bits per heavy atom. The zero-order valence-electron chi connectivity index (χ0n) is 8.83. The molecule has 0 fully saturated rings. The largest absolute Gasteiger partial charge is 0.323 e. The SMILES string of the molecule is CC[C@H](N)c1ccc(Sc2nncs2)cn1. The standard InChI is InChI=1S/C10H12N4S2/c1-2-8(11)9-4-3-7(5-12-9)16-10-14-13-6-15-10/h3-6,8H,2,11H2,1H3/t8-/m0/s1. The van der Waals surface area contributed by atoms with Crippen LogP contribution in [0.25, 0.3) is 0 Å². The van der Waals surface area contributed by atoms with E-state index in [4.69, 9.17) is 5.73 Å². The second kappa shape index (κ2) is 5.38. The first-order chi connectivity index (χ1) is 7.79. The van der Waals surface area contributed by atoms with Crippen LogP contribution in [0, 0.1) is 0 Å². The van der Waals surface area contributed by atoms with Crippen LogP contribution in [0.4, 0.5) is 0 Å². The van der Waals surface area contributed by atoms with Gasteiger partial charge in [0.05, 0.1) is 5.69 Å². The lowest BCUT2D eigenvalue weighted by Gasteiger charge is -2.07. The van der Waals surface area contributed by atoms with Gasteiger partial charge >= 0.3 is 0 Å². The fourth-order valence-electron chi connectivity index (χ4n) is 1.19. The van der Waals surface area contributed by atoms with Gasteiger partial charge in [0.25, 0.3) is 0 Å². The Kier molecular flexibility index (Phi) is 3.87. The summed E-state index contributed by atoms with van der Waals surface area (Å²) in [5.74, 6) is 0. The smallest absolute Gasteiger partial charge is 0.178 e. The topological polar surface area (TPSA) is 64.7 Å². The first-order valence-electron chi connectivity index (χ1n) is 4.95. The molecule has 4 nitrogen and oxygen atoms in total. The zero-order valence-corrected chi connectivity index (χ0v) is 10.5. The van der Waals surface area contributed by atoms with E-state index in [1.807, 2.05) is 18.3 Å². The molecular formula is C10H12N4S2. The third kappa shape index (κ3) is 2.78. The van der Waals surface area contributed by atoms with Gasteiger partial charge in [0.2, 0.25) is 0 Å². The maximum atomic E-state index is 5.89. The molecule has 2 aromatic rings. The van der Waals surface area contributed by atoms with Gasteiger partial charge < -0.3 is 5.73 Å². The molecule has 0 spiro atoms. The summed E-state index contributed by atoms with van der Waals surface area (Å²) in [6.45, 7) is 2.05. The minimum absolute atomic E-state index is 0.0283. The van der Waals surface area contributed by atoms with Gasteiger partial charge in [-0.15, -0.1) is 10.2 Å². The van der Waals surface area contributed by atoms with Gasteiger partial charge in [-0.1, -0.05) is 30.0 Å². The number of aromatic nitrogens is 3. The highest BCUT2D eigenvalue weighted by atomic mass is 32.2. The van der Waals surface area contributed by atoms with E-state index in [1.165, 1.54) is 11.3 Å². The molecule has 2 aromatic heterocycles. The molecule has 2 N–H and O–H groups in total. The molecule has 0 saturated heterocycles. The molecular weight excluding hydrogens is 240 g/mol. The van der Waals surface area contributed by atoms with Crippen molar-refractivity contribution in [3.63, 3.8) is 0 Å². The number of pyridine rings is 1. The van der Waals surface area contributed by atoms with Crippen molar-refractivity contribution < 1.29 is 0 Å². The van der Waals surface area contributed by atoms with E-state index in [1.54, 1.807) is 17.3 Å². The number of nitrogens with zero attached hydrogens (tertiary/aromatic N) is 3. The summed E-state index contributed by atoms with van der Waals surface area (Å²) in [5.41, 5.74) is 8.54. The average Bonchev–Trinajstić information content (AvgIpc) is 2.82. The second-order valence-electron chi connectivity index (χ2n) is 3.24. The molecule has 6 heteroatoms. The molecule has 2 heterocycles. The van der Waals surface area contributed by atoms with E-state index >= 15 is 0 Å². The summed E-state index contributed by atoms with van der Waals surface area (Å²) in [4.78, 5) is 5.40. The van der Waals surface area contributed by atoms with Gasteiger partial charge in [-0.25, -0.2) is 0 Å². The average molecular weight is 252 g/mol. The van der Waals surface area contributed by atoms with E-state index in [-0.39, 0.29) is 6.04 Å². The molecule has 0 bridgehead atoms. The summed E-state index contributed by atoms with van der Waals surface area (Å²) >= 11 is 3.08. The minimum atomic E-state index is 0.0283. The molecule has 84 valence electrons. The fourth-order valence-corrected chi connectivity index (χ4v) is 2.61. The summed E-state index contributed by atoms with van der Waals surface area (Å²) < 4.78 is 0.925. The highest BCUT2D eigenvalue weighted by molar-refractivity contribution is 8.01. The minimum Gasteiger partial charge on any atom is -0.323 e. The van der Waals surface area contributed by atoms with Crippen LogP contribution in [0.1, 0.15) is 25.1 Å². The summed E-state index contributed by atoms with van der Waals surface area (Å²) in [7, 11) is 0. The normalized spacial score (nSPS) is 12.6. The van der Waals surface area contributed by atoms with Crippen molar-refractivity contribution in [2.45, 2.75) is 28.6 Å². The Labute approximate surface area is 102 Å². The quantitative estimate of drug-likeness (QED) is 0.905. The van der Waals surface area contributed by atoms with Crippen LogP contribution in [0.3, 0.4) is 0 Å². The maximum Gasteiger partial charge on any atom is 0.178 e. The summed E-state index contributed by atoms with van der Waals surface area (Å²) in [6, 6.07) is 4.02. The van der Waals surface area contributed by atoms with Crippen molar-refractivity contribution in [1.29, 1.82) is 0 Å². The summed E-state index contributed by atoms with van der Waals surface area (Å²) in [5, 5.41) is 7.75. The lowest BCUT2D eigenvalue weighted by molar-refractivity contribution is 0.674. The number of hydrogen-bond donors (Lipinski definition) is 1. The molecule has 1 atom stereocenters. The van der Waals surface area contributed by atoms with E-state index in [2.05, 4.69) is 22.1 Å².